The first-order chi connectivity index (χ1) is 10.8. The Morgan fingerprint density at radius 1 is 1.22 bits per heavy atom. The van der Waals surface area contributed by atoms with Gasteiger partial charge in [0.2, 0.25) is 10.0 Å². The minimum absolute atomic E-state index is 0.0616. The SMILES string of the molecule is Cc1cccc(C(=O)N2CCSC23CCN(S(C)(=O)=O)CC3)c1. The van der Waals surface area contributed by atoms with E-state index in [0.29, 0.717) is 25.9 Å². The second kappa shape index (κ2) is 6.11. The molecule has 0 aromatic heterocycles. The lowest BCUT2D eigenvalue weighted by atomic mass is 10.0. The molecule has 0 saturated carbocycles. The van der Waals surface area contributed by atoms with E-state index in [1.165, 1.54) is 10.6 Å². The Kier molecular flexibility index (Phi) is 4.46. The van der Waals surface area contributed by atoms with E-state index in [1.54, 1.807) is 11.8 Å². The molecule has 2 fully saturated rings. The third-order valence-corrected chi connectivity index (χ3v) is 7.52. The molecule has 0 unspecified atom stereocenters. The predicted octanol–water partition coefficient (Wildman–Crippen LogP) is 1.94. The number of hydrogen-bond donors (Lipinski definition) is 0. The number of carbonyl (C=O) groups is 1. The zero-order valence-corrected chi connectivity index (χ0v) is 15.1. The van der Waals surface area contributed by atoms with Crippen LogP contribution in [-0.2, 0) is 10.0 Å². The summed E-state index contributed by atoms with van der Waals surface area (Å²) >= 11 is 1.80. The van der Waals surface area contributed by atoms with Crippen molar-refractivity contribution < 1.29 is 13.2 Å². The van der Waals surface area contributed by atoms with E-state index in [4.69, 9.17) is 0 Å². The lowest BCUT2D eigenvalue weighted by Crippen LogP contribution is -2.53. The second-order valence-corrected chi connectivity index (χ2v) is 9.72. The fraction of sp³-hybridized carbons (Fsp3) is 0.562. The molecule has 0 radical (unpaired) electrons. The van der Waals surface area contributed by atoms with Crippen LogP contribution < -0.4 is 0 Å². The summed E-state index contributed by atoms with van der Waals surface area (Å²) in [5.41, 5.74) is 1.79. The highest BCUT2D eigenvalue weighted by molar-refractivity contribution is 8.00. The number of hydrogen-bond acceptors (Lipinski definition) is 4. The van der Waals surface area contributed by atoms with E-state index in [-0.39, 0.29) is 10.8 Å². The topological polar surface area (TPSA) is 57.7 Å². The van der Waals surface area contributed by atoms with Crippen molar-refractivity contribution in [3.05, 3.63) is 35.4 Å². The van der Waals surface area contributed by atoms with E-state index in [0.717, 1.165) is 23.4 Å². The van der Waals surface area contributed by atoms with Crippen LogP contribution in [0.5, 0.6) is 0 Å². The smallest absolute Gasteiger partial charge is 0.255 e. The molecule has 1 aromatic rings. The number of sulfonamides is 1. The van der Waals surface area contributed by atoms with Gasteiger partial charge in [-0.25, -0.2) is 12.7 Å². The van der Waals surface area contributed by atoms with E-state index < -0.39 is 10.0 Å². The summed E-state index contributed by atoms with van der Waals surface area (Å²) < 4.78 is 24.9. The van der Waals surface area contributed by atoms with Crippen LogP contribution in [0.25, 0.3) is 0 Å². The Bertz CT molecular complexity index is 710. The number of piperidine rings is 1. The van der Waals surface area contributed by atoms with Gasteiger partial charge in [0.05, 0.1) is 11.1 Å². The number of nitrogens with zero attached hydrogens (tertiary/aromatic N) is 2. The maximum Gasteiger partial charge on any atom is 0.255 e. The first-order valence-electron chi connectivity index (χ1n) is 7.80. The number of carbonyl (C=O) groups excluding carboxylic acids is 1. The Balaban J connectivity index is 1.80. The van der Waals surface area contributed by atoms with Gasteiger partial charge in [0.25, 0.3) is 5.91 Å². The molecule has 0 atom stereocenters. The molecule has 2 aliphatic heterocycles. The van der Waals surface area contributed by atoms with Crippen molar-refractivity contribution in [3.63, 3.8) is 0 Å². The second-order valence-electron chi connectivity index (χ2n) is 6.28. The van der Waals surface area contributed by atoms with Crippen LogP contribution in [-0.4, -0.2) is 60.0 Å². The first kappa shape index (κ1) is 16.8. The maximum absolute atomic E-state index is 12.9. The average Bonchev–Trinajstić information content (AvgIpc) is 2.89. The van der Waals surface area contributed by atoms with Gasteiger partial charge >= 0.3 is 0 Å². The van der Waals surface area contributed by atoms with Crippen LogP contribution in [0.3, 0.4) is 0 Å². The van der Waals surface area contributed by atoms with Gasteiger partial charge in [0.1, 0.15) is 0 Å². The molecule has 2 heterocycles. The van der Waals surface area contributed by atoms with Crippen molar-refractivity contribution in [2.75, 3.05) is 31.6 Å². The van der Waals surface area contributed by atoms with Crippen molar-refractivity contribution in [2.45, 2.75) is 24.6 Å². The minimum Gasteiger partial charge on any atom is -0.323 e. The van der Waals surface area contributed by atoms with Crippen LogP contribution in [0.1, 0.15) is 28.8 Å². The molecule has 0 bridgehead atoms. The lowest BCUT2D eigenvalue weighted by molar-refractivity contribution is 0.0605. The highest BCUT2D eigenvalue weighted by Gasteiger charge is 2.47. The van der Waals surface area contributed by atoms with Gasteiger partial charge in [-0.3, -0.25) is 4.79 Å². The summed E-state index contributed by atoms with van der Waals surface area (Å²) in [5, 5.41) is 0. The third-order valence-electron chi connectivity index (χ3n) is 4.66. The van der Waals surface area contributed by atoms with Gasteiger partial charge in [0, 0.05) is 31.0 Å². The molecule has 1 spiro atoms. The number of benzene rings is 1. The fourth-order valence-electron chi connectivity index (χ4n) is 3.41. The molecule has 2 aliphatic rings. The molecule has 126 valence electrons. The molecular formula is C16H22N2O3S2. The summed E-state index contributed by atoms with van der Waals surface area (Å²) in [4.78, 5) is 14.6. The standard InChI is InChI=1S/C16H22N2O3S2/c1-13-4-3-5-14(12-13)15(19)18-10-11-22-16(18)6-8-17(9-7-16)23(2,20)21/h3-5,12H,6-11H2,1-2H3. The van der Waals surface area contributed by atoms with Gasteiger partial charge in [-0.05, 0) is 31.9 Å². The van der Waals surface area contributed by atoms with E-state index in [2.05, 4.69) is 0 Å². The molecule has 0 N–H and O–H groups in total. The van der Waals surface area contributed by atoms with Crippen LogP contribution >= 0.6 is 11.8 Å². The van der Waals surface area contributed by atoms with Crippen molar-refractivity contribution in [3.8, 4) is 0 Å². The van der Waals surface area contributed by atoms with Gasteiger partial charge in [-0.2, -0.15) is 0 Å². The molecule has 7 heteroatoms. The highest BCUT2D eigenvalue weighted by atomic mass is 32.2. The molecule has 3 rings (SSSR count). The Morgan fingerprint density at radius 2 is 1.91 bits per heavy atom. The molecular weight excluding hydrogens is 332 g/mol. The van der Waals surface area contributed by atoms with Crippen molar-refractivity contribution in [1.29, 1.82) is 0 Å². The van der Waals surface area contributed by atoms with Crippen LogP contribution in [0.15, 0.2) is 24.3 Å². The number of amides is 1. The number of thioether (sulfide) groups is 1. The molecule has 1 amide bonds. The zero-order valence-electron chi connectivity index (χ0n) is 13.5. The molecule has 23 heavy (non-hydrogen) atoms. The molecule has 0 aliphatic carbocycles. The summed E-state index contributed by atoms with van der Waals surface area (Å²) in [7, 11) is -3.15. The molecule has 5 nitrogen and oxygen atoms in total. The zero-order chi connectivity index (χ0) is 16.7. The fourth-order valence-corrected chi connectivity index (χ4v) is 5.71. The molecule has 1 aromatic carbocycles. The summed E-state index contributed by atoms with van der Waals surface area (Å²) in [6, 6.07) is 7.67. The van der Waals surface area contributed by atoms with Crippen LogP contribution in [0, 0.1) is 6.92 Å². The van der Waals surface area contributed by atoms with Gasteiger partial charge in [-0.1, -0.05) is 17.7 Å². The quantitative estimate of drug-likeness (QED) is 0.814. The van der Waals surface area contributed by atoms with Gasteiger partial charge in [0.15, 0.2) is 0 Å². The number of aryl methyl sites for hydroxylation is 1. The largest absolute Gasteiger partial charge is 0.323 e. The first-order valence-corrected chi connectivity index (χ1v) is 10.6. The van der Waals surface area contributed by atoms with Crippen molar-refractivity contribution >= 4 is 27.7 Å². The van der Waals surface area contributed by atoms with Gasteiger partial charge < -0.3 is 4.90 Å². The lowest BCUT2D eigenvalue weighted by Gasteiger charge is -2.43. The predicted molar refractivity (Wildman–Crippen MR) is 93.1 cm³/mol. The average molecular weight is 354 g/mol. The van der Waals surface area contributed by atoms with Crippen LogP contribution in [0.4, 0.5) is 0 Å². The van der Waals surface area contributed by atoms with Crippen molar-refractivity contribution in [1.82, 2.24) is 9.21 Å². The summed E-state index contributed by atoms with van der Waals surface area (Å²) in [6.07, 6.45) is 2.65. The Hall–Kier alpha value is -1.05. The van der Waals surface area contributed by atoms with E-state index >= 15 is 0 Å². The summed E-state index contributed by atoms with van der Waals surface area (Å²) in [6.45, 7) is 3.69. The Labute approximate surface area is 142 Å². The van der Waals surface area contributed by atoms with Gasteiger partial charge in [-0.15, -0.1) is 11.8 Å². The Morgan fingerprint density at radius 3 is 2.52 bits per heavy atom. The van der Waals surface area contributed by atoms with E-state index in [9.17, 15) is 13.2 Å². The third kappa shape index (κ3) is 3.27. The highest BCUT2D eigenvalue weighted by Crippen LogP contribution is 2.44. The van der Waals surface area contributed by atoms with Crippen molar-refractivity contribution in [2.24, 2.45) is 0 Å². The number of rotatable bonds is 2. The van der Waals surface area contributed by atoms with Crippen LogP contribution in [0.2, 0.25) is 0 Å². The summed E-state index contributed by atoms with van der Waals surface area (Å²) in [5.74, 6) is 0.975. The maximum atomic E-state index is 12.9. The normalized spacial score (nSPS) is 21.7. The van der Waals surface area contributed by atoms with E-state index in [1.807, 2.05) is 36.1 Å². The minimum atomic E-state index is -3.15. The monoisotopic (exact) mass is 354 g/mol. The molecule has 2 saturated heterocycles.